The van der Waals surface area contributed by atoms with Crippen LogP contribution in [-0.4, -0.2) is 38.6 Å². The number of anilines is 1. The second-order valence-electron chi connectivity index (χ2n) is 11.2. The maximum absolute atomic E-state index is 12.7. The Kier molecular flexibility index (Phi) is 6.85. The van der Waals surface area contributed by atoms with Gasteiger partial charge in [0, 0.05) is 47.5 Å². The van der Waals surface area contributed by atoms with Gasteiger partial charge in [0.25, 0.3) is 5.91 Å². The van der Waals surface area contributed by atoms with Crippen molar-refractivity contribution < 1.29 is 9.59 Å². The van der Waals surface area contributed by atoms with Gasteiger partial charge in [-0.2, -0.15) is 0 Å². The van der Waals surface area contributed by atoms with Crippen LogP contribution in [0.5, 0.6) is 0 Å². The molecule has 2 heterocycles. The fourth-order valence-electron chi connectivity index (χ4n) is 4.64. The van der Waals surface area contributed by atoms with Gasteiger partial charge in [-0.3, -0.25) is 14.0 Å². The first-order chi connectivity index (χ1) is 18.9. The Bertz CT molecular complexity index is 1550. The van der Waals surface area contributed by atoms with Crippen molar-refractivity contribution in [3.8, 4) is 22.5 Å². The first-order valence-corrected chi connectivity index (χ1v) is 14.1. The van der Waals surface area contributed by atoms with Gasteiger partial charge in [0.1, 0.15) is 0 Å². The SMILES string of the molecule is CC(C)CNc1nc(-c2ccc(C(=O)CC3CC3)c(Cl)c2)cn2c(-c3ccc(C(=O)NC4CC4)cc3)cnc12. The molecule has 2 aromatic carbocycles. The highest BCUT2D eigenvalue weighted by Gasteiger charge is 2.26. The number of nitrogens with one attached hydrogen (secondary N) is 2. The molecule has 0 spiro atoms. The van der Waals surface area contributed by atoms with E-state index in [0.717, 1.165) is 54.7 Å². The van der Waals surface area contributed by atoms with Crippen molar-refractivity contribution in [2.45, 2.75) is 52.0 Å². The summed E-state index contributed by atoms with van der Waals surface area (Å²) in [5.74, 6) is 1.67. The monoisotopic (exact) mass is 541 g/mol. The first kappa shape index (κ1) is 25.6. The fraction of sp³-hybridized carbons (Fsp3) is 0.355. The van der Waals surface area contributed by atoms with Crippen LogP contribution >= 0.6 is 11.6 Å². The van der Waals surface area contributed by atoms with Crippen molar-refractivity contribution >= 4 is 34.8 Å². The predicted molar refractivity (Wildman–Crippen MR) is 154 cm³/mol. The molecule has 0 atom stereocenters. The number of hydrogen-bond donors (Lipinski definition) is 2. The van der Waals surface area contributed by atoms with Crippen LogP contribution in [-0.2, 0) is 0 Å². The molecule has 7 nitrogen and oxygen atoms in total. The van der Waals surface area contributed by atoms with E-state index in [-0.39, 0.29) is 11.7 Å². The average molecular weight is 542 g/mol. The van der Waals surface area contributed by atoms with Gasteiger partial charge in [0.2, 0.25) is 0 Å². The third-order valence-electron chi connectivity index (χ3n) is 7.26. The molecule has 2 N–H and O–H groups in total. The normalized spacial score (nSPS) is 15.1. The lowest BCUT2D eigenvalue weighted by Gasteiger charge is -2.13. The number of amides is 1. The minimum absolute atomic E-state index is 0.0372. The highest BCUT2D eigenvalue weighted by atomic mass is 35.5. The summed E-state index contributed by atoms with van der Waals surface area (Å²) in [7, 11) is 0. The zero-order valence-electron chi connectivity index (χ0n) is 22.2. The molecule has 2 aliphatic rings. The summed E-state index contributed by atoms with van der Waals surface area (Å²) in [4.78, 5) is 34.7. The molecule has 8 heteroatoms. The molecule has 2 aromatic heterocycles. The lowest BCUT2D eigenvalue weighted by molar-refractivity contribution is 0.0948. The Morgan fingerprint density at radius 2 is 1.79 bits per heavy atom. The number of aromatic nitrogens is 3. The molecule has 0 bridgehead atoms. The van der Waals surface area contributed by atoms with Crippen molar-refractivity contribution in [3.63, 3.8) is 0 Å². The number of hydrogen-bond acceptors (Lipinski definition) is 5. The summed E-state index contributed by atoms with van der Waals surface area (Å²) >= 11 is 6.60. The Morgan fingerprint density at radius 1 is 1.05 bits per heavy atom. The van der Waals surface area contributed by atoms with Gasteiger partial charge in [0.15, 0.2) is 17.2 Å². The Morgan fingerprint density at radius 3 is 2.46 bits per heavy atom. The van der Waals surface area contributed by atoms with E-state index in [1.54, 1.807) is 0 Å². The molecule has 0 aliphatic heterocycles. The number of imidazole rings is 1. The molecule has 1 amide bonds. The van der Waals surface area contributed by atoms with Gasteiger partial charge in [-0.1, -0.05) is 43.6 Å². The maximum atomic E-state index is 12.7. The summed E-state index contributed by atoms with van der Waals surface area (Å²) in [6.45, 7) is 5.03. The third kappa shape index (κ3) is 5.69. The number of halogens is 1. The highest BCUT2D eigenvalue weighted by Crippen LogP contribution is 2.35. The van der Waals surface area contributed by atoms with Gasteiger partial charge >= 0.3 is 0 Å². The summed E-state index contributed by atoms with van der Waals surface area (Å²) in [6.07, 6.45) is 8.70. The summed E-state index contributed by atoms with van der Waals surface area (Å²) in [6, 6.07) is 13.5. The van der Waals surface area contributed by atoms with Gasteiger partial charge in [-0.05, 0) is 61.8 Å². The number of carbonyl (C=O) groups is 2. The molecule has 2 fully saturated rings. The van der Waals surface area contributed by atoms with Crippen LogP contribution in [0.15, 0.2) is 54.9 Å². The second kappa shape index (κ2) is 10.5. The second-order valence-corrected chi connectivity index (χ2v) is 11.6. The zero-order valence-corrected chi connectivity index (χ0v) is 23.0. The van der Waals surface area contributed by atoms with Crippen molar-refractivity contribution in [1.29, 1.82) is 0 Å². The van der Waals surface area contributed by atoms with Crippen molar-refractivity contribution in [2.24, 2.45) is 11.8 Å². The fourth-order valence-corrected chi connectivity index (χ4v) is 4.93. The van der Waals surface area contributed by atoms with Gasteiger partial charge in [-0.25, -0.2) is 9.97 Å². The molecule has 2 aliphatic carbocycles. The van der Waals surface area contributed by atoms with Gasteiger partial charge < -0.3 is 10.6 Å². The lowest BCUT2D eigenvalue weighted by atomic mass is 10.0. The number of rotatable bonds is 10. The molecule has 39 heavy (non-hydrogen) atoms. The van der Waals surface area contributed by atoms with E-state index in [2.05, 4.69) is 29.5 Å². The van der Waals surface area contributed by atoms with Crippen molar-refractivity contribution in [3.05, 3.63) is 71.0 Å². The van der Waals surface area contributed by atoms with E-state index in [9.17, 15) is 9.59 Å². The first-order valence-electron chi connectivity index (χ1n) is 13.7. The number of fused-ring (bicyclic) bond motifs is 1. The molecule has 200 valence electrons. The van der Waals surface area contributed by atoms with Crippen LogP contribution in [0.25, 0.3) is 28.2 Å². The Labute approximate surface area is 233 Å². The van der Waals surface area contributed by atoms with E-state index >= 15 is 0 Å². The van der Waals surface area contributed by atoms with Crippen LogP contribution in [0.4, 0.5) is 5.82 Å². The number of benzene rings is 2. The Balaban J connectivity index is 1.36. The molecule has 0 radical (unpaired) electrons. The zero-order chi connectivity index (χ0) is 27.1. The minimum atomic E-state index is -0.0372. The topological polar surface area (TPSA) is 88.4 Å². The molecule has 6 rings (SSSR count). The van der Waals surface area contributed by atoms with Crippen LogP contribution in [0.1, 0.15) is 66.7 Å². The predicted octanol–water partition coefficient (Wildman–Crippen LogP) is 6.66. The molecule has 0 unspecified atom stereocenters. The van der Waals surface area contributed by atoms with E-state index in [1.807, 2.05) is 59.3 Å². The van der Waals surface area contributed by atoms with E-state index in [4.69, 9.17) is 16.6 Å². The lowest BCUT2D eigenvalue weighted by Crippen LogP contribution is -2.25. The quantitative estimate of drug-likeness (QED) is 0.219. The highest BCUT2D eigenvalue weighted by molar-refractivity contribution is 6.34. The largest absolute Gasteiger partial charge is 0.367 e. The average Bonchev–Trinajstić information content (AvgIpc) is 3.86. The van der Waals surface area contributed by atoms with Crippen LogP contribution in [0.2, 0.25) is 5.02 Å². The van der Waals surface area contributed by atoms with Crippen LogP contribution < -0.4 is 10.6 Å². The third-order valence-corrected chi connectivity index (χ3v) is 7.57. The molecular weight excluding hydrogens is 510 g/mol. The number of Topliss-reactive ketones (excluding diaryl/α,β-unsaturated/α-hetero) is 1. The van der Waals surface area contributed by atoms with E-state index in [0.29, 0.717) is 51.9 Å². The minimum Gasteiger partial charge on any atom is -0.367 e. The maximum Gasteiger partial charge on any atom is 0.251 e. The number of carbonyl (C=O) groups excluding carboxylic acids is 2. The van der Waals surface area contributed by atoms with Crippen LogP contribution in [0, 0.1) is 11.8 Å². The Hall–Kier alpha value is -3.71. The smallest absolute Gasteiger partial charge is 0.251 e. The summed E-state index contributed by atoms with van der Waals surface area (Å²) in [5, 5.41) is 6.93. The van der Waals surface area contributed by atoms with Crippen LogP contribution in [0.3, 0.4) is 0 Å². The number of ketones is 1. The van der Waals surface area contributed by atoms with Crippen molar-refractivity contribution in [2.75, 3.05) is 11.9 Å². The van der Waals surface area contributed by atoms with Gasteiger partial charge in [0.05, 0.1) is 22.6 Å². The van der Waals surface area contributed by atoms with Gasteiger partial charge in [-0.15, -0.1) is 0 Å². The van der Waals surface area contributed by atoms with Crippen molar-refractivity contribution in [1.82, 2.24) is 19.7 Å². The summed E-state index contributed by atoms with van der Waals surface area (Å²) < 4.78 is 2.02. The molecular formula is C31H32ClN5O2. The van der Waals surface area contributed by atoms with E-state index in [1.165, 1.54) is 0 Å². The summed E-state index contributed by atoms with van der Waals surface area (Å²) in [5.41, 5.74) is 5.30. The number of nitrogens with zero attached hydrogens (tertiary/aromatic N) is 3. The van der Waals surface area contributed by atoms with E-state index < -0.39 is 0 Å². The standard InChI is InChI=1S/C31H32ClN5O2/c1-18(2)15-33-29-30-34-16-27(20-5-7-21(8-6-20)31(39)35-23-10-11-23)37(30)17-26(36-29)22-9-12-24(25(32)14-22)28(38)13-19-3-4-19/h5-9,12,14,16-19,23H,3-4,10-11,13,15H2,1-2H3,(H,33,36)(H,35,39). The molecule has 4 aromatic rings. The molecule has 0 saturated heterocycles. The molecule has 2 saturated carbocycles.